The molecule has 1 aliphatic heterocycles. The summed E-state index contributed by atoms with van der Waals surface area (Å²) in [5, 5.41) is 3.34. The fraction of sp³-hybridized carbons (Fsp3) is 0.714. The zero-order chi connectivity index (χ0) is 12.4. The van der Waals surface area contributed by atoms with Crippen LogP contribution in [0.2, 0.25) is 0 Å². The molecule has 2 fully saturated rings. The monoisotopic (exact) mass is 246 g/mol. The molecule has 1 atom stereocenters. The van der Waals surface area contributed by atoms with Crippen molar-refractivity contribution in [1.29, 1.82) is 0 Å². The lowest BCUT2D eigenvalue weighted by atomic mass is 10.1. The van der Waals surface area contributed by atoms with Crippen LogP contribution in [0.25, 0.3) is 0 Å². The fourth-order valence-corrected chi connectivity index (χ4v) is 2.66. The Balaban J connectivity index is 1.62. The van der Waals surface area contributed by atoms with Gasteiger partial charge in [0, 0.05) is 30.9 Å². The van der Waals surface area contributed by atoms with Crippen LogP contribution in [0.4, 0.5) is 5.82 Å². The van der Waals surface area contributed by atoms with Gasteiger partial charge in [0.2, 0.25) is 0 Å². The smallest absolute Gasteiger partial charge is 0.132 e. The van der Waals surface area contributed by atoms with Gasteiger partial charge in [-0.25, -0.2) is 9.97 Å². The molecule has 0 aromatic carbocycles. The highest BCUT2D eigenvalue weighted by Gasteiger charge is 2.23. The number of rotatable bonds is 5. The second-order valence-corrected chi connectivity index (χ2v) is 5.57. The number of likely N-dealkylation sites (N-methyl/N-ethyl adjacent to an activating group) is 1. The SMILES string of the molecule is CN[C@@H]1CCN(c2cc(CCC3CC3)ncn2)C1. The quantitative estimate of drug-likeness (QED) is 0.857. The molecule has 4 heteroatoms. The third kappa shape index (κ3) is 2.80. The molecule has 1 N–H and O–H groups in total. The summed E-state index contributed by atoms with van der Waals surface area (Å²) in [4.78, 5) is 11.2. The largest absolute Gasteiger partial charge is 0.355 e. The van der Waals surface area contributed by atoms with Crippen LogP contribution in [-0.4, -0.2) is 36.1 Å². The van der Waals surface area contributed by atoms with E-state index in [1.807, 2.05) is 7.05 Å². The van der Waals surface area contributed by atoms with E-state index in [0.29, 0.717) is 6.04 Å². The maximum atomic E-state index is 4.42. The van der Waals surface area contributed by atoms with Gasteiger partial charge in [-0.3, -0.25) is 0 Å². The van der Waals surface area contributed by atoms with Crippen LogP contribution in [0.1, 0.15) is 31.4 Å². The first-order chi connectivity index (χ1) is 8.85. The molecular weight excluding hydrogens is 224 g/mol. The van der Waals surface area contributed by atoms with E-state index in [2.05, 4.69) is 26.3 Å². The predicted octanol–water partition coefficient (Wildman–Crippen LogP) is 1.62. The zero-order valence-corrected chi connectivity index (χ0v) is 11.1. The highest BCUT2D eigenvalue weighted by molar-refractivity contribution is 5.40. The highest BCUT2D eigenvalue weighted by Crippen LogP contribution is 2.33. The van der Waals surface area contributed by atoms with E-state index in [-0.39, 0.29) is 0 Å². The lowest BCUT2D eigenvalue weighted by Crippen LogP contribution is -2.29. The number of aryl methyl sites for hydroxylation is 1. The van der Waals surface area contributed by atoms with Crippen molar-refractivity contribution < 1.29 is 0 Å². The van der Waals surface area contributed by atoms with E-state index in [9.17, 15) is 0 Å². The second kappa shape index (κ2) is 5.22. The van der Waals surface area contributed by atoms with Gasteiger partial charge in [-0.1, -0.05) is 12.8 Å². The molecule has 1 saturated heterocycles. The first-order valence-corrected chi connectivity index (χ1v) is 7.08. The molecule has 3 rings (SSSR count). The van der Waals surface area contributed by atoms with Crippen LogP contribution in [0.3, 0.4) is 0 Å². The van der Waals surface area contributed by atoms with Crippen molar-refractivity contribution in [2.24, 2.45) is 5.92 Å². The second-order valence-electron chi connectivity index (χ2n) is 5.57. The molecule has 18 heavy (non-hydrogen) atoms. The fourth-order valence-electron chi connectivity index (χ4n) is 2.66. The van der Waals surface area contributed by atoms with Gasteiger partial charge in [-0.15, -0.1) is 0 Å². The van der Waals surface area contributed by atoms with Gasteiger partial charge in [0.25, 0.3) is 0 Å². The lowest BCUT2D eigenvalue weighted by Gasteiger charge is -2.17. The molecule has 2 aliphatic rings. The lowest BCUT2D eigenvalue weighted by molar-refractivity contribution is 0.616. The highest BCUT2D eigenvalue weighted by atomic mass is 15.2. The van der Waals surface area contributed by atoms with Gasteiger partial charge in [-0.2, -0.15) is 0 Å². The summed E-state index contributed by atoms with van der Waals surface area (Å²) < 4.78 is 0. The molecule has 98 valence electrons. The number of hydrogen-bond donors (Lipinski definition) is 1. The average molecular weight is 246 g/mol. The molecule has 1 saturated carbocycles. The van der Waals surface area contributed by atoms with Gasteiger partial charge in [-0.05, 0) is 32.2 Å². The minimum atomic E-state index is 0.606. The minimum Gasteiger partial charge on any atom is -0.355 e. The summed E-state index contributed by atoms with van der Waals surface area (Å²) >= 11 is 0. The molecule has 0 unspecified atom stereocenters. The van der Waals surface area contributed by atoms with E-state index >= 15 is 0 Å². The Morgan fingerprint density at radius 1 is 1.33 bits per heavy atom. The van der Waals surface area contributed by atoms with Crippen molar-refractivity contribution in [1.82, 2.24) is 15.3 Å². The number of hydrogen-bond acceptors (Lipinski definition) is 4. The summed E-state index contributed by atoms with van der Waals surface area (Å²) in [6.07, 6.45) is 8.20. The molecule has 2 heterocycles. The normalized spacial score (nSPS) is 23.6. The molecule has 0 spiro atoms. The summed E-state index contributed by atoms with van der Waals surface area (Å²) in [5.74, 6) is 2.08. The van der Waals surface area contributed by atoms with Crippen molar-refractivity contribution in [3.8, 4) is 0 Å². The van der Waals surface area contributed by atoms with Gasteiger partial charge < -0.3 is 10.2 Å². The zero-order valence-electron chi connectivity index (χ0n) is 11.1. The van der Waals surface area contributed by atoms with Crippen molar-refractivity contribution in [3.63, 3.8) is 0 Å². The molecule has 0 bridgehead atoms. The number of nitrogens with one attached hydrogen (secondary N) is 1. The Hall–Kier alpha value is -1.16. The van der Waals surface area contributed by atoms with Gasteiger partial charge >= 0.3 is 0 Å². The van der Waals surface area contributed by atoms with Crippen LogP contribution in [0.5, 0.6) is 0 Å². The van der Waals surface area contributed by atoms with Crippen LogP contribution in [-0.2, 0) is 6.42 Å². The number of nitrogens with zero attached hydrogens (tertiary/aromatic N) is 3. The average Bonchev–Trinajstić information content (AvgIpc) is 3.12. The number of aromatic nitrogens is 2. The molecule has 1 aromatic heterocycles. The molecule has 1 aromatic rings. The third-order valence-corrected chi connectivity index (χ3v) is 4.14. The van der Waals surface area contributed by atoms with E-state index in [0.717, 1.165) is 31.2 Å². The first-order valence-electron chi connectivity index (χ1n) is 7.08. The van der Waals surface area contributed by atoms with E-state index < -0.39 is 0 Å². The Kier molecular flexibility index (Phi) is 3.46. The molecule has 4 nitrogen and oxygen atoms in total. The predicted molar refractivity (Wildman–Crippen MR) is 72.8 cm³/mol. The van der Waals surface area contributed by atoms with Gasteiger partial charge in [0.05, 0.1) is 0 Å². The molecule has 0 radical (unpaired) electrons. The van der Waals surface area contributed by atoms with Crippen molar-refractivity contribution in [2.75, 3.05) is 25.0 Å². The minimum absolute atomic E-state index is 0.606. The summed E-state index contributed by atoms with van der Waals surface area (Å²) in [6.45, 7) is 2.17. The molecule has 0 amide bonds. The van der Waals surface area contributed by atoms with Gasteiger partial charge in [0.1, 0.15) is 12.1 Å². The Morgan fingerprint density at radius 3 is 2.94 bits per heavy atom. The Morgan fingerprint density at radius 2 is 2.22 bits per heavy atom. The molecular formula is C14H22N4. The first kappa shape index (κ1) is 11.9. The van der Waals surface area contributed by atoms with Crippen LogP contribution >= 0.6 is 0 Å². The Labute approximate surface area is 109 Å². The third-order valence-electron chi connectivity index (χ3n) is 4.14. The molecule has 1 aliphatic carbocycles. The van der Waals surface area contributed by atoms with Crippen LogP contribution < -0.4 is 10.2 Å². The van der Waals surface area contributed by atoms with E-state index in [1.54, 1.807) is 6.33 Å². The summed E-state index contributed by atoms with van der Waals surface area (Å²) in [6, 6.07) is 2.79. The van der Waals surface area contributed by atoms with E-state index in [4.69, 9.17) is 0 Å². The number of anilines is 1. The standard InChI is InChI=1S/C14H22N4/c1-15-13-6-7-18(9-13)14-8-12(16-10-17-14)5-4-11-2-3-11/h8,10-11,13,15H,2-7,9H2,1H3/t13-/m1/s1. The summed E-state index contributed by atoms with van der Waals surface area (Å²) in [5.41, 5.74) is 1.21. The maximum absolute atomic E-state index is 4.42. The Bertz CT molecular complexity index is 403. The topological polar surface area (TPSA) is 41.0 Å². The summed E-state index contributed by atoms with van der Waals surface area (Å²) in [7, 11) is 2.04. The maximum Gasteiger partial charge on any atom is 0.132 e. The van der Waals surface area contributed by atoms with Crippen molar-refractivity contribution in [3.05, 3.63) is 18.1 Å². The van der Waals surface area contributed by atoms with Crippen LogP contribution in [0, 0.1) is 5.92 Å². The van der Waals surface area contributed by atoms with E-state index in [1.165, 1.54) is 31.4 Å². The van der Waals surface area contributed by atoms with Crippen LogP contribution in [0.15, 0.2) is 12.4 Å². The van der Waals surface area contributed by atoms with Crippen molar-refractivity contribution >= 4 is 5.82 Å². The van der Waals surface area contributed by atoms with Gasteiger partial charge in [0.15, 0.2) is 0 Å². The van der Waals surface area contributed by atoms with Crippen molar-refractivity contribution in [2.45, 2.75) is 38.1 Å².